The van der Waals surface area contributed by atoms with E-state index in [4.69, 9.17) is 0 Å². The van der Waals surface area contributed by atoms with Gasteiger partial charge in [0.2, 0.25) is 0 Å². The van der Waals surface area contributed by atoms with Gasteiger partial charge in [0, 0.05) is 5.30 Å². The highest BCUT2D eigenvalue weighted by molar-refractivity contribution is 7.34. The molecule has 0 N–H and O–H groups in total. The Hall–Kier alpha value is -0.680. The third-order valence-corrected chi connectivity index (χ3v) is 2.15. The van der Waals surface area contributed by atoms with Crippen molar-refractivity contribution in [3.8, 4) is 0 Å². The minimum absolute atomic E-state index is 0.115. The summed E-state index contributed by atoms with van der Waals surface area (Å²) < 4.78 is 10.4. The fourth-order valence-corrected chi connectivity index (χ4v) is 1.25. The van der Waals surface area contributed by atoms with Crippen LogP contribution in [-0.4, -0.2) is 0 Å². The average Bonchev–Trinajstić information content (AvgIpc) is 1.88. The molecule has 0 radical (unpaired) electrons. The summed E-state index contributed by atoms with van der Waals surface area (Å²) in [5.41, 5.74) is 2.31. The van der Waals surface area contributed by atoms with Crippen molar-refractivity contribution in [3.63, 3.8) is 0 Å². The van der Waals surface area contributed by atoms with Gasteiger partial charge in [-0.1, -0.05) is 17.7 Å². The fourth-order valence-electron chi connectivity index (χ4n) is 0.908. The minimum Gasteiger partial charge on any atom is -0.269 e. The number of hydrogen-bond acceptors (Lipinski definition) is 1. The lowest BCUT2D eigenvalue weighted by atomic mass is 10.2. The summed E-state index contributed by atoms with van der Waals surface area (Å²) >= 11 is 0. The lowest BCUT2D eigenvalue weighted by Crippen LogP contribution is -1.96. The van der Waals surface area contributed by atoms with Crippen molar-refractivity contribution >= 4 is 13.8 Å². The van der Waals surface area contributed by atoms with Gasteiger partial charge < -0.3 is 0 Å². The summed E-state index contributed by atoms with van der Waals surface area (Å²) in [6.45, 7) is 3.99. The normalized spacial score (nSPS) is 10.2. The molecule has 0 aliphatic rings. The molecule has 0 amide bonds. The molecule has 0 heterocycles. The highest BCUT2D eigenvalue weighted by atomic mass is 31.1. The van der Waals surface area contributed by atoms with Crippen LogP contribution in [0.3, 0.4) is 0 Å². The summed E-state index contributed by atoms with van der Waals surface area (Å²) in [6.07, 6.45) is 0. The molecule has 0 unspecified atom stereocenters. The Labute approximate surface area is 62.3 Å². The average molecular weight is 152 g/mol. The van der Waals surface area contributed by atoms with E-state index < -0.39 is 0 Å². The molecular formula is C8H9OP. The molecule has 2 heteroatoms. The van der Waals surface area contributed by atoms with Crippen LogP contribution in [0, 0.1) is 13.8 Å². The smallest absolute Gasteiger partial charge is 0.192 e. The molecule has 1 aromatic rings. The number of rotatable bonds is 1. The van der Waals surface area contributed by atoms with Crippen LogP contribution in [0.2, 0.25) is 0 Å². The first-order chi connectivity index (χ1) is 4.74. The first-order valence-corrected chi connectivity index (χ1v) is 3.96. The molecule has 0 saturated heterocycles. The summed E-state index contributed by atoms with van der Waals surface area (Å²) in [4.78, 5) is 0. The van der Waals surface area contributed by atoms with Gasteiger partial charge in [0.25, 0.3) is 0 Å². The zero-order valence-corrected chi connectivity index (χ0v) is 6.98. The van der Waals surface area contributed by atoms with Crippen LogP contribution in [0.25, 0.3) is 0 Å². The zero-order valence-electron chi connectivity index (χ0n) is 6.09. The molecule has 0 saturated carbocycles. The van der Waals surface area contributed by atoms with Crippen LogP contribution in [0.5, 0.6) is 0 Å². The van der Waals surface area contributed by atoms with Crippen LogP contribution in [0.4, 0.5) is 0 Å². The van der Waals surface area contributed by atoms with Gasteiger partial charge in [0.05, 0.1) is 0 Å². The summed E-state index contributed by atoms with van der Waals surface area (Å²) in [6, 6.07) is 5.88. The van der Waals surface area contributed by atoms with Crippen molar-refractivity contribution in [3.05, 3.63) is 29.3 Å². The molecule has 0 fully saturated rings. The fraction of sp³-hybridized carbons (Fsp3) is 0.250. The first-order valence-electron chi connectivity index (χ1n) is 3.14. The van der Waals surface area contributed by atoms with E-state index in [0.29, 0.717) is 0 Å². The van der Waals surface area contributed by atoms with Crippen LogP contribution in [0.15, 0.2) is 18.2 Å². The molecule has 0 spiro atoms. The molecule has 0 aromatic heterocycles. The van der Waals surface area contributed by atoms with Gasteiger partial charge >= 0.3 is 0 Å². The van der Waals surface area contributed by atoms with Gasteiger partial charge in [-0.05, 0) is 25.5 Å². The number of benzene rings is 1. The first kappa shape index (κ1) is 7.43. The van der Waals surface area contributed by atoms with E-state index >= 15 is 0 Å². The molecule has 0 aliphatic heterocycles. The Morgan fingerprint density at radius 3 is 2.50 bits per heavy atom. The van der Waals surface area contributed by atoms with E-state index in [1.54, 1.807) is 0 Å². The molecule has 52 valence electrons. The zero-order chi connectivity index (χ0) is 7.56. The van der Waals surface area contributed by atoms with Gasteiger partial charge in [0.1, 0.15) is 0 Å². The van der Waals surface area contributed by atoms with E-state index in [2.05, 4.69) is 0 Å². The summed E-state index contributed by atoms with van der Waals surface area (Å²) in [7, 11) is 0.115. The highest BCUT2D eigenvalue weighted by Crippen LogP contribution is 2.05. The maximum absolute atomic E-state index is 10.4. The molecular weight excluding hydrogens is 143 g/mol. The maximum atomic E-state index is 10.4. The third kappa shape index (κ3) is 1.43. The van der Waals surface area contributed by atoms with Crippen molar-refractivity contribution in [2.24, 2.45) is 0 Å². The van der Waals surface area contributed by atoms with Crippen molar-refractivity contribution in [2.75, 3.05) is 0 Å². The second-order valence-electron chi connectivity index (χ2n) is 2.38. The predicted octanol–water partition coefficient (Wildman–Crippen LogP) is 2.22. The second kappa shape index (κ2) is 2.94. The standard InChI is InChI=1S/C8H9OP/c1-6-3-4-8(10-9)7(2)5-6/h3-5H,1-2H3. The largest absolute Gasteiger partial charge is 0.269 e. The van der Waals surface area contributed by atoms with Gasteiger partial charge in [-0.3, -0.25) is 4.57 Å². The van der Waals surface area contributed by atoms with Crippen molar-refractivity contribution in [2.45, 2.75) is 13.8 Å². The van der Waals surface area contributed by atoms with Gasteiger partial charge in [-0.15, -0.1) is 0 Å². The van der Waals surface area contributed by atoms with E-state index in [1.807, 2.05) is 32.0 Å². The Morgan fingerprint density at radius 2 is 2.00 bits per heavy atom. The molecule has 0 atom stereocenters. The molecule has 10 heavy (non-hydrogen) atoms. The van der Waals surface area contributed by atoms with Crippen molar-refractivity contribution < 1.29 is 4.57 Å². The topological polar surface area (TPSA) is 17.1 Å². The Kier molecular flexibility index (Phi) is 2.18. The second-order valence-corrected chi connectivity index (χ2v) is 3.05. The predicted molar refractivity (Wildman–Crippen MR) is 43.2 cm³/mol. The Bertz CT molecular complexity index is 255. The number of aryl methyl sites for hydroxylation is 2. The van der Waals surface area contributed by atoms with Gasteiger partial charge in [-0.2, -0.15) is 0 Å². The minimum atomic E-state index is 0.115. The monoisotopic (exact) mass is 152 g/mol. The third-order valence-electron chi connectivity index (χ3n) is 1.45. The van der Waals surface area contributed by atoms with Crippen LogP contribution in [-0.2, 0) is 4.57 Å². The van der Waals surface area contributed by atoms with Crippen molar-refractivity contribution in [1.29, 1.82) is 0 Å². The Balaban J connectivity index is 3.19. The Morgan fingerprint density at radius 1 is 1.30 bits per heavy atom. The highest BCUT2D eigenvalue weighted by Gasteiger charge is 1.95. The number of hydrogen-bond donors (Lipinski definition) is 0. The quantitative estimate of drug-likeness (QED) is 0.564. The van der Waals surface area contributed by atoms with E-state index in [9.17, 15) is 4.57 Å². The summed E-state index contributed by atoms with van der Waals surface area (Å²) in [5, 5.41) is 0.880. The molecule has 1 rings (SSSR count). The van der Waals surface area contributed by atoms with E-state index in [1.165, 1.54) is 5.56 Å². The van der Waals surface area contributed by atoms with Crippen LogP contribution >= 0.6 is 8.46 Å². The maximum Gasteiger partial charge on any atom is 0.192 e. The van der Waals surface area contributed by atoms with E-state index in [-0.39, 0.29) is 8.46 Å². The van der Waals surface area contributed by atoms with Crippen LogP contribution in [0.1, 0.15) is 11.1 Å². The SMILES string of the molecule is Cc1ccc(P=O)c(C)c1. The molecule has 1 nitrogen and oxygen atoms in total. The lowest BCUT2D eigenvalue weighted by molar-refractivity contribution is 0.603. The van der Waals surface area contributed by atoms with E-state index in [0.717, 1.165) is 10.9 Å². The molecule has 0 bridgehead atoms. The van der Waals surface area contributed by atoms with Crippen LogP contribution < -0.4 is 5.30 Å². The van der Waals surface area contributed by atoms with Gasteiger partial charge in [-0.25, -0.2) is 0 Å². The summed E-state index contributed by atoms with van der Waals surface area (Å²) in [5.74, 6) is 0. The van der Waals surface area contributed by atoms with Crippen molar-refractivity contribution in [1.82, 2.24) is 0 Å². The molecule has 0 aliphatic carbocycles. The lowest BCUT2D eigenvalue weighted by Gasteiger charge is -1.96. The van der Waals surface area contributed by atoms with Gasteiger partial charge in [0.15, 0.2) is 8.46 Å². The molecule has 1 aromatic carbocycles.